The van der Waals surface area contributed by atoms with E-state index in [4.69, 9.17) is 0 Å². The maximum absolute atomic E-state index is 10.4. The lowest BCUT2D eigenvalue weighted by atomic mass is 9.75. The summed E-state index contributed by atoms with van der Waals surface area (Å²) in [5.74, 6) is 0. The summed E-state index contributed by atoms with van der Waals surface area (Å²) in [4.78, 5) is 0. The summed E-state index contributed by atoms with van der Waals surface area (Å²) >= 11 is 0. The fraction of sp³-hybridized carbons (Fsp3) is 0.833. The van der Waals surface area contributed by atoms with Gasteiger partial charge in [-0.2, -0.15) is 0 Å². The van der Waals surface area contributed by atoms with Gasteiger partial charge in [-0.3, -0.25) is 0 Å². The average molecular weight is 196 g/mol. The molecule has 2 nitrogen and oxygen atoms in total. The van der Waals surface area contributed by atoms with Crippen molar-refractivity contribution in [2.45, 2.75) is 63.1 Å². The highest BCUT2D eigenvalue weighted by molar-refractivity contribution is 5.23. The third-order valence-electron chi connectivity index (χ3n) is 3.62. The van der Waals surface area contributed by atoms with Crippen LogP contribution in [0.15, 0.2) is 11.6 Å². The highest BCUT2D eigenvalue weighted by Crippen LogP contribution is 2.38. The molecule has 0 saturated heterocycles. The van der Waals surface area contributed by atoms with Gasteiger partial charge in [-0.25, -0.2) is 0 Å². The van der Waals surface area contributed by atoms with Crippen LogP contribution in [0, 0.1) is 0 Å². The van der Waals surface area contributed by atoms with Gasteiger partial charge in [0.15, 0.2) is 0 Å². The lowest BCUT2D eigenvalue weighted by Crippen LogP contribution is -2.39. The minimum Gasteiger partial charge on any atom is -0.389 e. The highest BCUT2D eigenvalue weighted by Gasteiger charge is 2.37. The van der Waals surface area contributed by atoms with E-state index in [-0.39, 0.29) is 6.10 Å². The van der Waals surface area contributed by atoms with Gasteiger partial charge < -0.3 is 10.2 Å². The van der Waals surface area contributed by atoms with E-state index in [0.717, 1.165) is 50.5 Å². The molecule has 1 fully saturated rings. The predicted octanol–water partition coefficient (Wildman–Crippen LogP) is 2.15. The van der Waals surface area contributed by atoms with E-state index in [1.54, 1.807) is 0 Å². The van der Waals surface area contributed by atoms with Crippen LogP contribution in [-0.4, -0.2) is 21.9 Å². The number of hydrogen-bond acceptors (Lipinski definition) is 2. The zero-order valence-electron chi connectivity index (χ0n) is 8.71. The second kappa shape index (κ2) is 4.03. The minimum atomic E-state index is -0.669. The summed E-state index contributed by atoms with van der Waals surface area (Å²) in [5.41, 5.74) is 0.251. The number of rotatable bonds is 1. The molecular formula is C12H20O2. The average Bonchev–Trinajstić information content (AvgIpc) is 2.19. The van der Waals surface area contributed by atoms with E-state index in [9.17, 15) is 10.2 Å². The van der Waals surface area contributed by atoms with Gasteiger partial charge in [0.1, 0.15) is 0 Å². The number of allylic oxidation sites excluding steroid dienone is 1. The quantitative estimate of drug-likeness (QED) is 0.631. The first-order chi connectivity index (χ1) is 6.72. The van der Waals surface area contributed by atoms with E-state index >= 15 is 0 Å². The standard InChI is InChI=1S/C12H20O2/c13-11-7-3-2-6-10(11)12(14)8-4-1-5-9-12/h6,11,13-14H,1-5,7-9H2. The summed E-state index contributed by atoms with van der Waals surface area (Å²) < 4.78 is 0. The summed E-state index contributed by atoms with van der Waals surface area (Å²) in [5, 5.41) is 20.3. The zero-order chi connectivity index (χ0) is 10.0. The van der Waals surface area contributed by atoms with Crippen molar-refractivity contribution >= 4 is 0 Å². The van der Waals surface area contributed by atoms with E-state index in [1.165, 1.54) is 6.42 Å². The predicted molar refractivity (Wildman–Crippen MR) is 56.0 cm³/mol. The van der Waals surface area contributed by atoms with Crippen molar-refractivity contribution in [1.82, 2.24) is 0 Å². The van der Waals surface area contributed by atoms with Gasteiger partial charge in [0.25, 0.3) is 0 Å². The Bertz CT molecular complexity index is 226. The Morgan fingerprint density at radius 3 is 2.50 bits per heavy atom. The van der Waals surface area contributed by atoms with Crippen molar-refractivity contribution in [2.75, 3.05) is 0 Å². The Hall–Kier alpha value is -0.340. The molecule has 80 valence electrons. The topological polar surface area (TPSA) is 40.5 Å². The third-order valence-corrected chi connectivity index (χ3v) is 3.62. The van der Waals surface area contributed by atoms with Crippen LogP contribution in [0.3, 0.4) is 0 Å². The molecule has 1 unspecified atom stereocenters. The van der Waals surface area contributed by atoms with Crippen molar-refractivity contribution in [1.29, 1.82) is 0 Å². The summed E-state index contributed by atoms with van der Waals surface area (Å²) in [6.45, 7) is 0. The van der Waals surface area contributed by atoms with E-state index in [0.29, 0.717) is 0 Å². The molecule has 2 aliphatic rings. The molecule has 0 aliphatic heterocycles. The summed E-state index contributed by atoms with van der Waals surface area (Å²) in [7, 11) is 0. The molecule has 0 aromatic heterocycles. The molecule has 1 atom stereocenters. The van der Waals surface area contributed by atoms with Gasteiger partial charge in [0.2, 0.25) is 0 Å². The Morgan fingerprint density at radius 2 is 1.86 bits per heavy atom. The normalized spacial score (nSPS) is 32.4. The first kappa shape index (κ1) is 10.2. The van der Waals surface area contributed by atoms with E-state index in [1.807, 2.05) is 0 Å². The largest absolute Gasteiger partial charge is 0.389 e. The van der Waals surface area contributed by atoms with Gasteiger partial charge in [-0.05, 0) is 37.7 Å². The molecule has 2 rings (SSSR count). The lowest BCUT2D eigenvalue weighted by molar-refractivity contribution is 0.0121. The third kappa shape index (κ3) is 1.86. The number of aliphatic hydroxyl groups excluding tert-OH is 1. The fourth-order valence-corrected chi connectivity index (χ4v) is 2.79. The van der Waals surface area contributed by atoms with Crippen molar-refractivity contribution < 1.29 is 10.2 Å². The molecule has 2 aliphatic carbocycles. The first-order valence-corrected chi connectivity index (χ1v) is 5.83. The van der Waals surface area contributed by atoms with Crippen molar-refractivity contribution in [3.05, 3.63) is 11.6 Å². The fourth-order valence-electron chi connectivity index (χ4n) is 2.79. The number of aliphatic hydroxyl groups is 2. The first-order valence-electron chi connectivity index (χ1n) is 5.83. The van der Waals surface area contributed by atoms with Crippen molar-refractivity contribution in [3.63, 3.8) is 0 Å². The van der Waals surface area contributed by atoms with Crippen LogP contribution < -0.4 is 0 Å². The van der Waals surface area contributed by atoms with Gasteiger partial charge >= 0.3 is 0 Å². The SMILES string of the molecule is OC1CCCC=C1C1(O)CCCCC1. The Kier molecular flexibility index (Phi) is 2.93. The van der Waals surface area contributed by atoms with Crippen molar-refractivity contribution in [3.8, 4) is 0 Å². The van der Waals surface area contributed by atoms with Gasteiger partial charge in [0, 0.05) is 0 Å². The molecule has 0 spiro atoms. The minimum absolute atomic E-state index is 0.383. The van der Waals surface area contributed by atoms with Gasteiger partial charge in [-0.15, -0.1) is 0 Å². The van der Waals surface area contributed by atoms with Crippen LogP contribution in [0.1, 0.15) is 51.4 Å². The highest BCUT2D eigenvalue weighted by atomic mass is 16.3. The van der Waals surface area contributed by atoms with E-state index in [2.05, 4.69) is 6.08 Å². The van der Waals surface area contributed by atoms with Crippen LogP contribution in [0.4, 0.5) is 0 Å². The second-order valence-corrected chi connectivity index (χ2v) is 4.70. The van der Waals surface area contributed by atoms with Crippen LogP contribution in [0.5, 0.6) is 0 Å². The molecule has 0 aromatic rings. The molecule has 0 heterocycles. The Morgan fingerprint density at radius 1 is 1.14 bits per heavy atom. The van der Waals surface area contributed by atoms with Crippen LogP contribution in [0.25, 0.3) is 0 Å². The number of hydrogen-bond donors (Lipinski definition) is 2. The molecule has 2 N–H and O–H groups in total. The van der Waals surface area contributed by atoms with Crippen LogP contribution >= 0.6 is 0 Å². The molecule has 2 heteroatoms. The van der Waals surface area contributed by atoms with Crippen LogP contribution in [0.2, 0.25) is 0 Å². The maximum atomic E-state index is 10.4. The van der Waals surface area contributed by atoms with Gasteiger partial charge in [-0.1, -0.05) is 25.3 Å². The monoisotopic (exact) mass is 196 g/mol. The van der Waals surface area contributed by atoms with Crippen molar-refractivity contribution in [2.24, 2.45) is 0 Å². The Balaban J connectivity index is 2.14. The summed E-state index contributed by atoms with van der Waals surface area (Å²) in [6.07, 6.45) is 9.70. The molecule has 1 saturated carbocycles. The molecule has 0 aromatic carbocycles. The molecule has 0 amide bonds. The molecule has 14 heavy (non-hydrogen) atoms. The second-order valence-electron chi connectivity index (χ2n) is 4.70. The Labute approximate surface area is 85.6 Å². The smallest absolute Gasteiger partial charge is 0.0881 e. The lowest BCUT2D eigenvalue weighted by Gasteiger charge is -2.38. The molecule has 0 radical (unpaired) electrons. The summed E-state index contributed by atoms with van der Waals surface area (Å²) in [6, 6.07) is 0. The molecular weight excluding hydrogens is 176 g/mol. The zero-order valence-corrected chi connectivity index (χ0v) is 8.71. The van der Waals surface area contributed by atoms with Gasteiger partial charge in [0.05, 0.1) is 11.7 Å². The molecule has 0 bridgehead atoms. The maximum Gasteiger partial charge on any atom is 0.0881 e. The van der Waals surface area contributed by atoms with E-state index < -0.39 is 5.60 Å². The van der Waals surface area contributed by atoms with Crippen LogP contribution in [-0.2, 0) is 0 Å².